The van der Waals surface area contributed by atoms with Crippen molar-refractivity contribution in [2.45, 2.75) is 52.5 Å². The van der Waals surface area contributed by atoms with E-state index in [1.165, 1.54) is 25.9 Å². The minimum absolute atomic E-state index is 0.00332. The molecule has 1 aliphatic carbocycles. The highest BCUT2D eigenvalue weighted by Crippen LogP contribution is 2.44. The molecule has 2 aliphatic rings. The molecule has 1 aliphatic heterocycles. The maximum absolute atomic E-state index is 12.8. The number of hydrogen-bond donors (Lipinski definition) is 1. The zero-order valence-corrected chi connectivity index (χ0v) is 14.3. The van der Waals surface area contributed by atoms with Crippen LogP contribution in [0.25, 0.3) is 0 Å². The molecule has 2 fully saturated rings. The Balaban J connectivity index is 1.91. The van der Waals surface area contributed by atoms with E-state index in [-0.39, 0.29) is 17.4 Å². The van der Waals surface area contributed by atoms with Crippen LogP contribution in [0.3, 0.4) is 0 Å². The zero-order valence-electron chi connectivity index (χ0n) is 14.3. The third kappa shape index (κ3) is 3.59. The van der Waals surface area contributed by atoms with Crippen LogP contribution < -0.4 is 5.73 Å². The van der Waals surface area contributed by atoms with Crippen molar-refractivity contribution >= 4 is 5.91 Å². The summed E-state index contributed by atoms with van der Waals surface area (Å²) in [5.41, 5.74) is 6.20. The van der Waals surface area contributed by atoms with Gasteiger partial charge in [0.1, 0.15) is 0 Å². The molecule has 3 unspecified atom stereocenters. The third-order valence-electron chi connectivity index (χ3n) is 6.13. The lowest BCUT2D eigenvalue weighted by molar-refractivity contribution is -0.142. The quantitative estimate of drug-likeness (QED) is 0.862. The molecule has 1 saturated heterocycles. The Morgan fingerprint density at radius 2 is 1.90 bits per heavy atom. The SMILES string of the molecule is CC1C(N)CCC(C(=O)N(C)CCN2CCCC2)C1(C)C. The first-order chi connectivity index (χ1) is 9.84. The standard InChI is InChI=1S/C17H33N3O/c1-13-15(18)8-7-14(17(13,2)3)16(21)19(4)11-12-20-9-5-6-10-20/h13-15H,5-12,18H2,1-4H3. The molecule has 0 aromatic carbocycles. The zero-order chi connectivity index (χ0) is 15.6. The largest absolute Gasteiger partial charge is 0.344 e. The van der Waals surface area contributed by atoms with Crippen LogP contribution in [-0.2, 0) is 4.79 Å². The fourth-order valence-corrected chi connectivity index (χ4v) is 3.97. The van der Waals surface area contributed by atoms with E-state index in [0.29, 0.717) is 11.8 Å². The monoisotopic (exact) mass is 295 g/mol. The summed E-state index contributed by atoms with van der Waals surface area (Å²) >= 11 is 0. The van der Waals surface area contributed by atoms with Gasteiger partial charge >= 0.3 is 0 Å². The molecule has 0 spiro atoms. The fraction of sp³-hybridized carbons (Fsp3) is 0.941. The normalized spacial score (nSPS) is 33.1. The number of rotatable bonds is 4. The van der Waals surface area contributed by atoms with E-state index < -0.39 is 0 Å². The molecule has 2 N–H and O–H groups in total. The van der Waals surface area contributed by atoms with Crippen molar-refractivity contribution in [2.75, 3.05) is 33.2 Å². The summed E-state index contributed by atoms with van der Waals surface area (Å²) in [7, 11) is 1.97. The highest BCUT2D eigenvalue weighted by Gasteiger charge is 2.45. The first-order valence-corrected chi connectivity index (χ1v) is 8.57. The molecule has 4 nitrogen and oxygen atoms in total. The average Bonchev–Trinajstić information content (AvgIpc) is 2.95. The number of likely N-dealkylation sites (N-methyl/N-ethyl adjacent to an activating group) is 1. The molecule has 122 valence electrons. The number of nitrogens with zero attached hydrogens (tertiary/aromatic N) is 2. The summed E-state index contributed by atoms with van der Waals surface area (Å²) in [5.74, 6) is 0.834. The molecule has 1 saturated carbocycles. The van der Waals surface area contributed by atoms with Crippen molar-refractivity contribution in [3.05, 3.63) is 0 Å². The minimum Gasteiger partial charge on any atom is -0.344 e. The highest BCUT2D eigenvalue weighted by molar-refractivity contribution is 5.79. The van der Waals surface area contributed by atoms with Crippen molar-refractivity contribution in [2.24, 2.45) is 23.0 Å². The summed E-state index contributed by atoms with van der Waals surface area (Å²) in [6.07, 6.45) is 4.53. The Morgan fingerprint density at radius 3 is 2.52 bits per heavy atom. The minimum atomic E-state index is -0.00332. The van der Waals surface area contributed by atoms with Crippen LogP contribution in [-0.4, -0.2) is 55.0 Å². The summed E-state index contributed by atoms with van der Waals surface area (Å²) in [5, 5.41) is 0. The summed E-state index contributed by atoms with van der Waals surface area (Å²) in [6.45, 7) is 10.9. The number of carbonyl (C=O) groups is 1. The lowest BCUT2D eigenvalue weighted by Crippen LogP contribution is -2.52. The Labute approximate surface area is 130 Å². The van der Waals surface area contributed by atoms with E-state index >= 15 is 0 Å². The van der Waals surface area contributed by atoms with Crippen molar-refractivity contribution in [3.8, 4) is 0 Å². The predicted molar refractivity (Wildman–Crippen MR) is 87.0 cm³/mol. The second-order valence-electron chi connectivity index (χ2n) is 7.71. The summed E-state index contributed by atoms with van der Waals surface area (Å²) < 4.78 is 0. The number of amides is 1. The third-order valence-corrected chi connectivity index (χ3v) is 6.13. The van der Waals surface area contributed by atoms with E-state index in [1.54, 1.807) is 0 Å². The molecule has 21 heavy (non-hydrogen) atoms. The van der Waals surface area contributed by atoms with Gasteiger partial charge in [0.25, 0.3) is 0 Å². The topological polar surface area (TPSA) is 49.6 Å². The van der Waals surface area contributed by atoms with Crippen LogP contribution in [0.15, 0.2) is 0 Å². The smallest absolute Gasteiger partial charge is 0.226 e. The second-order valence-corrected chi connectivity index (χ2v) is 7.71. The summed E-state index contributed by atoms with van der Waals surface area (Å²) in [6, 6.07) is 0.235. The highest BCUT2D eigenvalue weighted by atomic mass is 16.2. The van der Waals surface area contributed by atoms with Gasteiger partial charge in [0.2, 0.25) is 5.91 Å². The molecule has 0 aromatic rings. The first kappa shape index (κ1) is 16.8. The van der Waals surface area contributed by atoms with Gasteiger partial charge in [0, 0.05) is 32.1 Å². The second kappa shape index (κ2) is 6.66. The molecule has 4 heteroatoms. The molecule has 2 rings (SSSR count). The number of nitrogens with two attached hydrogens (primary N) is 1. The predicted octanol–water partition coefficient (Wildman–Crippen LogP) is 1.94. The van der Waals surface area contributed by atoms with E-state index in [4.69, 9.17) is 5.73 Å². The molecule has 3 atom stereocenters. The van der Waals surface area contributed by atoms with Gasteiger partial charge < -0.3 is 15.5 Å². The van der Waals surface area contributed by atoms with Crippen molar-refractivity contribution in [1.29, 1.82) is 0 Å². The van der Waals surface area contributed by atoms with Crippen LogP contribution in [0.5, 0.6) is 0 Å². The van der Waals surface area contributed by atoms with E-state index in [9.17, 15) is 4.79 Å². The molecular formula is C17H33N3O. The number of likely N-dealkylation sites (tertiary alicyclic amines) is 1. The number of hydrogen-bond acceptors (Lipinski definition) is 3. The first-order valence-electron chi connectivity index (χ1n) is 8.57. The molecular weight excluding hydrogens is 262 g/mol. The lowest BCUT2D eigenvalue weighted by Gasteiger charge is -2.47. The van der Waals surface area contributed by atoms with Crippen LogP contribution in [0.1, 0.15) is 46.5 Å². The Morgan fingerprint density at radius 1 is 1.29 bits per heavy atom. The van der Waals surface area contributed by atoms with Crippen LogP contribution in [0.2, 0.25) is 0 Å². The Kier molecular flexibility index (Phi) is 5.31. The molecule has 1 amide bonds. The molecule has 0 aromatic heterocycles. The molecule has 0 radical (unpaired) electrons. The van der Waals surface area contributed by atoms with E-state index in [2.05, 4.69) is 25.7 Å². The maximum Gasteiger partial charge on any atom is 0.226 e. The van der Waals surface area contributed by atoms with Crippen molar-refractivity contribution in [3.63, 3.8) is 0 Å². The Bertz CT molecular complexity index is 363. The molecule has 1 heterocycles. The van der Waals surface area contributed by atoms with Gasteiger partial charge in [0.15, 0.2) is 0 Å². The van der Waals surface area contributed by atoms with Crippen LogP contribution in [0, 0.1) is 17.3 Å². The lowest BCUT2D eigenvalue weighted by atomic mass is 9.61. The van der Waals surface area contributed by atoms with Gasteiger partial charge in [-0.15, -0.1) is 0 Å². The van der Waals surface area contributed by atoms with Gasteiger partial charge in [0.05, 0.1) is 0 Å². The van der Waals surface area contributed by atoms with E-state index in [0.717, 1.165) is 25.9 Å². The van der Waals surface area contributed by atoms with E-state index in [1.807, 2.05) is 11.9 Å². The van der Waals surface area contributed by atoms with Gasteiger partial charge in [-0.3, -0.25) is 4.79 Å². The molecule has 0 bridgehead atoms. The van der Waals surface area contributed by atoms with Gasteiger partial charge in [-0.25, -0.2) is 0 Å². The maximum atomic E-state index is 12.8. The van der Waals surface area contributed by atoms with Crippen molar-refractivity contribution < 1.29 is 4.79 Å². The number of carbonyl (C=O) groups excluding carboxylic acids is 1. The summed E-state index contributed by atoms with van der Waals surface area (Å²) in [4.78, 5) is 17.3. The average molecular weight is 295 g/mol. The van der Waals surface area contributed by atoms with Crippen LogP contribution in [0.4, 0.5) is 0 Å². The fourth-order valence-electron chi connectivity index (χ4n) is 3.97. The Hall–Kier alpha value is -0.610. The van der Waals surface area contributed by atoms with Crippen LogP contribution >= 0.6 is 0 Å². The van der Waals surface area contributed by atoms with Gasteiger partial charge in [-0.05, 0) is 50.1 Å². The van der Waals surface area contributed by atoms with Gasteiger partial charge in [-0.1, -0.05) is 20.8 Å². The van der Waals surface area contributed by atoms with Crippen molar-refractivity contribution in [1.82, 2.24) is 9.80 Å². The van der Waals surface area contributed by atoms with Gasteiger partial charge in [-0.2, -0.15) is 0 Å².